The molecule has 14 heavy (non-hydrogen) atoms. The van der Waals surface area contributed by atoms with Crippen LogP contribution < -0.4 is 0 Å². The van der Waals surface area contributed by atoms with Crippen LogP contribution in [0.25, 0.3) is 0 Å². The van der Waals surface area contributed by atoms with Crippen LogP contribution in [-0.4, -0.2) is 23.2 Å². The summed E-state index contributed by atoms with van der Waals surface area (Å²) in [5, 5.41) is 8.56. The van der Waals surface area contributed by atoms with Crippen molar-refractivity contribution in [3.05, 3.63) is 29.6 Å². The third-order valence-electron chi connectivity index (χ3n) is 1.69. The van der Waals surface area contributed by atoms with Crippen LogP contribution in [0.1, 0.15) is 17.3 Å². The molecular weight excluding hydrogens is 203 g/mol. The van der Waals surface area contributed by atoms with Gasteiger partial charge in [0.15, 0.2) is 5.78 Å². The van der Waals surface area contributed by atoms with Crippen molar-refractivity contribution in [2.75, 3.05) is 12.4 Å². The van der Waals surface area contributed by atoms with Gasteiger partial charge >= 0.3 is 0 Å². The van der Waals surface area contributed by atoms with Crippen LogP contribution in [0.15, 0.2) is 23.1 Å². The first-order valence-electron chi connectivity index (χ1n) is 4.19. The number of hydrogen-bond acceptors (Lipinski definition) is 3. The molecule has 0 saturated carbocycles. The SMILES string of the molecule is CC(=O)c1ccc(SCCO)c(F)c1. The van der Waals surface area contributed by atoms with E-state index in [1.165, 1.54) is 24.8 Å². The standard InChI is InChI=1S/C10H11FO2S/c1-7(13)8-2-3-10(9(11)6-8)14-5-4-12/h2-3,6,12H,4-5H2,1H3. The average Bonchev–Trinajstić information content (AvgIpc) is 2.15. The highest BCUT2D eigenvalue weighted by molar-refractivity contribution is 7.99. The number of hydrogen-bond donors (Lipinski definition) is 1. The molecule has 2 nitrogen and oxygen atoms in total. The van der Waals surface area contributed by atoms with E-state index in [-0.39, 0.29) is 12.4 Å². The van der Waals surface area contributed by atoms with Gasteiger partial charge in [0.05, 0.1) is 6.61 Å². The van der Waals surface area contributed by atoms with Crippen molar-refractivity contribution in [2.45, 2.75) is 11.8 Å². The van der Waals surface area contributed by atoms with E-state index in [1.54, 1.807) is 12.1 Å². The quantitative estimate of drug-likeness (QED) is 0.616. The zero-order chi connectivity index (χ0) is 10.6. The predicted octanol–water partition coefficient (Wildman–Crippen LogP) is 2.11. The van der Waals surface area contributed by atoms with E-state index in [0.29, 0.717) is 16.2 Å². The van der Waals surface area contributed by atoms with Crippen molar-refractivity contribution in [1.82, 2.24) is 0 Å². The first-order chi connectivity index (χ1) is 6.65. The zero-order valence-corrected chi connectivity index (χ0v) is 8.60. The average molecular weight is 214 g/mol. The van der Waals surface area contributed by atoms with E-state index in [9.17, 15) is 9.18 Å². The summed E-state index contributed by atoms with van der Waals surface area (Å²) >= 11 is 1.23. The summed E-state index contributed by atoms with van der Waals surface area (Å²) in [6.45, 7) is 1.41. The molecule has 1 rings (SSSR count). The molecule has 4 heteroatoms. The van der Waals surface area contributed by atoms with Crippen LogP contribution >= 0.6 is 11.8 Å². The van der Waals surface area contributed by atoms with Crippen molar-refractivity contribution < 1.29 is 14.3 Å². The molecule has 76 valence electrons. The van der Waals surface area contributed by atoms with Gasteiger partial charge in [-0.2, -0.15) is 0 Å². The van der Waals surface area contributed by atoms with Crippen LogP contribution in [0.5, 0.6) is 0 Å². The lowest BCUT2D eigenvalue weighted by atomic mass is 10.1. The number of benzene rings is 1. The van der Waals surface area contributed by atoms with Crippen LogP contribution in [0.2, 0.25) is 0 Å². The molecule has 0 aliphatic rings. The fraction of sp³-hybridized carbons (Fsp3) is 0.300. The van der Waals surface area contributed by atoms with Gasteiger partial charge in [0.25, 0.3) is 0 Å². The molecule has 1 aromatic carbocycles. The number of Topliss-reactive ketones (excluding diaryl/α,β-unsaturated/α-hetero) is 1. The van der Waals surface area contributed by atoms with Gasteiger partial charge in [-0.15, -0.1) is 11.8 Å². The molecule has 0 saturated heterocycles. The van der Waals surface area contributed by atoms with E-state index in [4.69, 9.17) is 5.11 Å². The largest absolute Gasteiger partial charge is 0.396 e. The van der Waals surface area contributed by atoms with Crippen molar-refractivity contribution in [2.24, 2.45) is 0 Å². The third-order valence-corrected chi connectivity index (χ3v) is 2.72. The van der Waals surface area contributed by atoms with E-state index >= 15 is 0 Å². The van der Waals surface area contributed by atoms with E-state index in [2.05, 4.69) is 0 Å². The Kier molecular flexibility index (Phi) is 4.10. The van der Waals surface area contributed by atoms with Gasteiger partial charge in [0.2, 0.25) is 0 Å². The lowest BCUT2D eigenvalue weighted by Gasteiger charge is -2.02. The minimum Gasteiger partial charge on any atom is -0.396 e. The number of thioether (sulfide) groups is 1. The first kappa shape index (κ1) is 11.2. The minimum absolute atomic E-state index is 0.0125. The number of carbonyl (C=O) groups is 1. The van der Waals surface area contributed by atoms with Crippen molar-refractivity contribution in [1.29, 1.82) is 0 Å². The van der Waals surface area contributed by atoms with Gasteiger partial charge in [0.1, 0.15) is 5.82 Å². The number of rotatable bonds is 4. The van der Waals surface area contributed by atoms with Gasteiger partial charge in [-0.05, 0) is 19.1 Å². The van der Waals surface area contributed by atoms with Crippen molar-refractivity contribution in [3.8, 4) is 0 Å². The fourth-order valence-corrected chi connectivity index (χ4v) is 1.66. The van der Waals surface area contributed by atoms with Gasteiger partial charge in [0, 0.05) is 16.2 Å². The van der Waals surface area contributed by atoms with Gasteiger partial charge in [-0.3, -0.25) is 4.79 Å². The first-order valence-corrected chi connectivity index (χ1v) is 5.18. The van der Waals surface area contributed by atoms with Crippen LogP contribution in [0, 0.1) is 5.82 Å². The Morgan fingerprint density at radius 1 is 1.57 bits per heavy atom. The molecular formula is C10H11FO2S. The molecule has 0 fully saturated rings. The zero-order valence-electron chi connectivity index (χ0n) is 7.79. The summed E-state index contributed by atoms with van der Waals surface area (Å²) in [6, 6.07) is 4.37. The van der Waals surface area contributed by atoms with Crippen LogP contribution in [0.4, 0.5) is 4.39 Å². The smallest absolute Gasteiger partial charge is 0.159 e. The lowest BCUT2D eigenvalue weighted by Crippen LogP contribution is -1.94. The normalized spacial score (nSPS) is 10.2. The highest BCUT2D eigenvalue weighted by Gasteiger charge is 2.06. The fourth-order valence-electron chi connectivity index (χ4n) is 0.992. The van der Waals surface area contributed by atoms with E-state index < -0.39 is 5.82 Å². The molecule has 0 aliphatic heterocycles. The Balaban J connectivity index is 2.84. The summed E-state index contributed by atoms with van der Waals surface area (Å²) in [5.74, 6) is -0.102. The molecule has 0 aromatic heterocycles. The number of ketones is 1. The Morgan fingerprint density at radius 2 is 2.29 bits per heavy atom. The number of aliphatic hydroxyl groups is 1. The summed E-state index contributed by atoms with van der Waals surface area (Å²) in [6.07, 6.45) is 0. The third kappa shape index (κ3) is 2.82. The Hall–Kier alpha value is -0.870. The molecule has 1 aromatic rings. The molecule has 0 heterocycles. The molecule has 0 aliphatic carbocycles. The maximum absolute atomic E-state index is 13.3. The molecule has 0 unspecified atom stereocenters. The second-order valence-corrected chi connectivity index (χ2v) is 3.91. The second kappa shape index (κ2) is 5.12. The highest BCUT2D eigenvalue weighted by Crippen LogP contribution is 2.22. The van der Waals surface area contributed by atoms with Crippen LogP contribution in [0.3, 0.4) is 0 Å². The number of carbonyl (C=O) groups excluding carboxylic acids is 1. The summed E-state index contributed by atoms with van der Waals surface area (Å²) < 4.78 is 13.3. The number of aliphatic hydroxyl groups excluding tert-OH is 1. The summed E-state index contributed by atoms with van der Waals surface area (Å²) in [5.41, 5.74) is 0.371. The Bertz CT molecular complexity index is 339. The van der Waals surface area contributed by atoms with Crippen molar-refractivity contribution in [3.63, 3.8) is 0 Å². The molecule has 1 N–H and O–H groups in total. The molecule has 0 atom stereocenters. The predicted molar refractivity (Wildman–Crippen MR) is 54.2 cm³/mol. The monoisotopic (exact) mass is 214 g/mol. The number of halogens is 1. The van der Waals surface area contributed by atoms with Gasteiger partial charge in [-0.25, -0.2) is 4.39 Å². The Morgan fingerprint density at radius 3 is 2.79 bits per heavy atom. The molecule has 0 bridgehead atoms. The lowest BCUT2D eigenvalue weighted by molar-refractivity contribution is 0.101. The molecule has 0 spiro atoms. The topological polar surface area (TPSA) is 37.3 Å². The maximum Gasteiger partial charge on any atom is 0.159 e. The molecule has 0 amide bonds. The summed E-state index contributed by atoms with van der Waals surface area (Å²) in [7, 11) is 0. The second-order valence-electron chi connectivity index (χ2n) is 2.77. The van der Waals surface area contributed by atoms with Crippen LogP contribution in [-0.2, 0) is 0 Å². The highest BCUT2D eigenvalue weighted by atomic mass is 32.2. The summed E-state index contributed by atoms with van der Waals surface area (Å²) in [4.78, 5) is 11.4. The van der Waals surface area contributed by atoms with E-state index in [1.807, 2.05) is 0 Å². The van der Waals surface area contributed by atoms with E-state index in [0.717, 1.165) is 0 Å². The van der Waals surface area contributed by atoms with Crippen molar-refractivity contribution >= 4 is 17.5 Å². The molecule has 0 radical (unpaired) electrons. The van der Waals surface area contributed by atoms with Gasteiger partial charge < -0.3 is 5.11 Å². The Labute approximate surface area is 86.1 Å². The minimum atomic E-state index is -0.406. The van der Waals surface area contributed by atoms with Gasteiger partial charge in [-0.1, -0.05) is 6.07 Å². The maximum atomic E-state index is 13.3.